The largest absolute Gasteiger partial charge is 0.497 e. The van der Waals surface area contributed by atoms with Crippen LogP contribution in [0.1, 0.15) is 115 Å². The molecule has 39 heavy (non-hydrogen) atoms. The standard InChI is InChI=1S/C34H49N3O2/c1-3-4-5-6-7-8-9-10-11-12-13-14-15-18-24-36-32-23-17-16-22-31(32)35-34(36)28-25-33(38)37(27-28)29-20-19-21-30(26-29)39-2/h16-17,19-23,26,28H,3-15,18,24-25,27H2,1-2H3. The van der Waals surface area contributed by atoms with Crippen molar-refractivity contribution in [3.63, 3.8) is 0 Å². The minimum absolute atomic E-state index is 0.0998. The highest BCUT2D eigenvalue weighted by Gasteiger charge is 2.35. The molecule has 2 heterocycles. The van der Waals surface area contributed by atoms with Gasteiger partial charge in [0.1, 0.15) is 11.6 Å². The van der Waals surface area contributed by atoms with E-state index in [9.17, 15) is 4.79 Å². The highest BCUT2D eigenvalue weighted by Crippen LogP contribution is 2.34. The van der Waals surface area contributed by atoms with E-state index in [0.717, 1.165) is 35.7 Å². The Labute approximate surface area is 236 Å². The van der Waals surface area contributed by atoms with Crippen LogP contribution in [0.5, 0.6) is 5.75 Å². The Hall–Kier alpha value is -2.82. The molecule has 4 rings (SSSR count). The van der Waals surface area contributed by atoms with Gasteiger partial charge < -0.3 is 14.2 Å². The lowest BCUT2D eigenvalue weighted by molar-refractivity contribution is -0.117. The van der Waals surface area contributed by atoms with Gasteiger partial charge in [0.25, 0.3) is 0 Å². The quantitative estimate of drug-likeness (QED) is 0.154. The molecule has 0 N–H and O–H groups in total. The third-order valence-corrected chi connectivity index (χ3v) is 8.27. The number of methoxy groups -OCH3 is 1. The van der Waals surface area contributed by atoms with Gasteiger partial charge in [-0.05, 0) is 30.7 Å². The maximum absolute atomic E-state index is 13.0. The van der Waals surface area contributed by atoms with Gasteiger partial charge in [-0.15, -0.1) is 0 Å². The fourth-order valence-corrected chi connectivity index (χ4v) is 6.01. The molecule has 1 fully saturated rings. The molecule has 0 radical (unpaired) electrons. The van der Waals surface area contributed by atoms with Gasteiger partial charge in [-0.2, -0.15) is 0 Å². The molecule has 212 valence electrons. The lowest BCUT2D eigenvalue weighted by Gasteiger charge is -2.18. The summed E-state index contributed by atoms with van der Waals surface area (Å²) < 4.78 is 7.77. The number of carbonyl (C=O) groups excluding carboxylic acids is 1. The Morgan fingerprint density at radius 1 is 0.821 bits per heavy atom. The first-order valence-electron chi connectivity index (χ1n) is 15.6. The number of carbonyl (C=O) groups is 1. The third kappa shape index (κ3) is 8.33. The summed E-state index contributed by atoms with van der Waals surface area (Å²) in [5.41, 5.74) is 3.12. The lowest BCUT2D eigenvalue weighted by Crippen LogP contribution is -2.24. The van der Waals surface area contributed by atoms with Gasteiger partial charge in [-0.25, -0.2) is 4.98 Å². The number of nitrogens with zero attached hydrogens (tertiary/aromatic N) is 3. The van der Waals surface area contributed by atoms with E-state index in [1.165, 1.54) is 89.0 Å². The van der Waals surface area contributed by atoms with E-state index in [0.29, 0.717) is 13.0 Å². The van der Waals surface area contributed by atoms with Gasteiger partial charge in [0.2, 0.25) is 5.91 Å². The highest BCUT2D eigenvalue weighted by atomic mass is 16.5. The maximum atomic E-state index is 13.0. The number of fused-ring (bicyclic) bond motifs is 1. The first kappa shape index (κ1) is 29.2. The average molecular weight is 532 g/mol. The van der Waals surface area contributed by atoms with Crippen molar-refractivity contribution in [1.82, 2.24) is 9.55 Å². The lowest BCUT2D eigenvalue weighted by atomic mass is 10.0. The molecule has 5 heteroatoms. The number of imidazole rings is 1. The Morgan fingerprint density at radius 2 is 1.46 bits per heavy atom. The van der Waals surface area contributed by atoms with Crippen molar-refractivity contribution >= 4 is 22.6 Å². The summed E-state index contributed by atoms with van der Waals surface area (Å²) >= 11 is 0. The Morgan fingerprint density at radius 3 is 2.13 bits per heavy atom. The summed E-state index contributed by atoms with van der Waals surface area (Å²) in [6, 6.07) is 16.2. The van der Waals surface area contributed by atoms with Crippen LogP contribution < -0.4 is 9.64 Å². The first-order valence-corrected chi connectivity index (χ1v) is 15.6. The van der Waals surface area contributed by atoms with E-state index >= 15 is 0 Å². The molecule has 3 aromatic rings. The van der Waals surface area contributed by atoms with Gasteiger partial charge in [0.15, 0.2) is 0 Å². The Balaban J connectivity index is 1.23. The molecule has 1 amide bonds. The number of hydrogen-bond acceptors (Lipinski definition) is 3. The molecule has 1 saturated heterocycles. The summed E-state index contributed by atoms with van der Waals surface area (Å²) in [4.78, 5) is 20.0. The fourth-order valence-electron chi connectivity index (χ4n) is 6.01. The normalized spacial score (nSPS) is 15.5. The summed E-state index contributed by atoms with van der Waals surface area (Å²) in [6.45, 7) is 3.92. The number of aromatic nitrogens is 2. The van der Waals surface area contributed by atoms with E-state index in [1.54, 1.807) is 7.11 Å². The number of aryl methyl sites for hydroxylation is 1. The van der Waals surface area contributed by atoms with Crippen molar-refractivity contribution in [2.75, 3.05) is 18.6 Å². The van der Waals surface area contributed by atoms with Crippen LogP contribution in [0.4, 0.5) is 5.69 Å². The van der Waals surface area contributed by atoms with Crippen LogP contribution in [-0.2, 0) is 11.3 Å². The molecule has 0 saturated carbocycles. The second kappa shape index (κ2) is 15.7. The molecular formula is C34H49N3O2. The van der Waals surface area contributed by atoms with Crippen molar-refractivity contribution in [3.05, 3.63) is 54.4 Å². The number of anilines is 1. The number of unbranched alkanes of at least 4 members (excludes halogenated alkanes) is 13. The summed E-state index contributed by atoms with van der Waals surface area (Å²) in [6.07, 6.45) is 19.6. The van der Waals surface area contributed by atoms with Crippen molar-refractivity contribution < 1.29 is 9.53 Å². The van der Waals surface area contributed by atoms with Crippen molar-refractivity contribution in [3.8, 4) is 5.75 Å². The predicted octanol–water partition coefficient (Wildman–Crippen LogP) is 9.05. The summed E-state index contributed by atoms with van der Waals surface area (Å²) in [5.74, 6) is 2.09. The molecule has 5 nitrogen and oxygen atoms in total. The Kier molecular flexibility index (Phi) is 11.7. The number of para-hydroxylation sites is 2. The predicted molar refractivity (Wildman–Crippen MR) is 163 cm³/mol. The van der Waals surface area contributed by atoms with E-state index < -0.39 is 0 Å². The third-order valence-electron chi connectivity index (χ3n) is 8.27. The number of benzene rings is 2. The Bertz CT molecular complexity index is 1150. The van der Waals surface area contributed by atoms with Crippen LogP contribution in [-0.4, -0.2) is 29.1 Å². The minimum Gasteiger partial charge on any atom is -0.497 e. The summed E-state index contributed by atoms with van der Waals surface area (Å²) in [5, 5.41) is 0. The molecule has 0 bridgehead atoms. The second-order valence-corrected chi connectivity index (χ2v) is 11.3. The molecule has 1 atom stereocenters. The van der Waals surface area contributed by atoms with Gasteiger partial charge in [0, 0.05) is 37.2 Å². The maximum Gasteiger partial charge on any atom is 0.227 e. The number of hydrogen-bond donors (Lipinski definition) is 0. The van der Waals surface area contributed by atoms with Crippen LogP contribution >= 0.6 is 0 Å². The van der Waals surface area contributed by atoms with Crippen LogP contribution in [0.15, 0.2) is 48.5 Å². The molecule has 1 aliphatic heterocycles. The van der Waals surface area contributed by atoms with Crippen molar-refractivity contribution in [1.29, 1.82) is 0 Å². The molecule has 1 aromatic heterocycles. The van der Waals surface area contributed by atoms with Crippen LogP contribution in [0, 0.1) is 0 Å². The van der Waals surface area contributed by atoms with E-state index in [-0.39, 0.29) is 11.8 Å². The van der Waals surface area contributed by atoms with Gasteiger partial charge >= 0.3 is 0 Å². The zero-order valence-electron chi connectivity index (χ0n) is 24.4. The minimum atomic E-state index is 0.0998. The number of ether oxygens (including phenoxy) is 1. The smallest absolute Gasteiger partial charge is 0.227 e. The van der Waals surface area contributed by atoms with Crippen LogP contribution in [0.3, 0.4) is 0 Å². The number of amides is 1. The molecule has 0 spiro atoms. The number of rotatable bonds is 18. The molecule has 1 aliphatic rings. The van der Waals surface area contributed by atoms with E-state index in [4.69, 9.17) is 9.72 Å². The monoisotopic (exact) mass is 531 g/mol. The highest BCUT2D eigenvalue weighted by molar-refractivity contribution is 5.96. The molecule has 0 aliphatic carbocycles. The van der Waals surface area contributed by atoms with Gasteiger partial charge in [-0.1, -0.05) is 109 Å². The van der Waals surface area contributed by atoms with E-state index in [1.807, 2.05) is 29.2 Å². The molecule has 1 unspecified atom stereocenters. The van der Waals surface area contributed by atoms with E-state index in [2.05, 4.69) is 35.8 Å². The fraction of sp³-hybridized carbons (Fsp3) is 0.588. The van der Waals surface area contributed by atoms with Crippen LogP contribution in [0.2, 0.25) is 0 Å². The van der Waals surface area contributed by atoms with Crippen molar-refractivity contribution in [2.45, 2.75) is 116 Å². The van der Waals surface area contributed by atoms with Crippen molar-refractivity contribution in [2.24, 2.45) is 0 Å². The zero-order chi connectivity index (χ0) is 27.3. The zero-order valence-corrected chi connectivity index (χ0v) is 24.4. The second-order valence-electron chi connectivity index (χ2n) is 11.3. The molecular weight excluding hydrogens is 482 g/mol. The van der Waals surface area contributed by atoms with Crippen LogP contribution in [0.25, 0.3) is 11.0 Å². The van der Waals surface area contributed by atoms with Gasteiger partial charge in [0.05, 0.1) is 18.1 Å². The SMILES string of the molecule is CCCCCCCCCCCCCCCCn1c(C2CC(=O)N(c3cccc(OC)c3)C2)nc2ccccc21. The summed E-state index contributed by atoms with van der Waals surface area (Å²) in [7, 11) is 1.66. The topological polar surface area (TPSA) is 47.4 Å². The first-order chi connectivity index (χ1) is 19.2. The average Bonchev–Trinajstić information content (AvgIpc) is 3.53. The molecule has 2 aromatic carbocycles. The van der Waals surface area contributed by atoms with Gasteiger partial charge in [-0.3, -0.25) is 4.79 Å².